The number of aromatic nitrogens is 4. The normalized spacial score (nSPS) is 18.4. The Labute approximate surface area is 188 Å². The van der Waals surface area contributed by atoms with E-state index >= 15 is 0 Å². The SMILES string of the molecule is Cc1nc(N)nc2c1cc(-c1cncc(OCF)c1)c(=O)n2[C@H]1CC[C@@H](OCC(N)=O)CC1. The largest absolute Gasteiger partial charge is 0.461 e. The number of nitrogen functional groups attached to an aromatic ring is 1. The fourth-order valence-corrected chi connectivity index (χ4v) is 4.30. The predicted molar refractivity (Wildman–Crippen MR) is 119 cm³/mol. The molecule has 3 heterocycles. The van der Waals surface area contributed by atoms with Crippen molar-refractivity contribution in [2.45, 2.75) is 44.8 Å². The Hall–Kier alpha value is -3.60. The van der Waals surface area contributed by atoms with Gasteiger partial charge in [0.15, 0.2) is 0 Å². The molecular weight excluding hydrogens is 431 g/mol. The summed E-state index contributed by atoms with van der Waals surface area (Å²) in [5.74, 6) is -0.208. The summed E-state index contributed by atoms with van der Waals surface area (Å²) in [7, 11) is 0. The third-order valence-corrected chi connectivity index (χ3v) is 5.82. The van der Waals surface area contributed by atoms with Gasteiger partial charge in [0.1, 0.15) is 18.0 Å². The minimum absolute atomic E-state index is 0.0828. The van der Waals surface area contributed by atoms with Crippen LogP contribution in [0.15, 0.2) is 29.3 Å². The summed E-state index contributed by atoms with van der Waals surface area (Å²) in [5.41, 5.74) is 12.8. The quantitative estimate of drug-likeness (QED) is 0.549. The predicted octanol–water partition coefficient (Wildman–Crippen LogP) is 2.04. The molecule has 0 atom stereocenters. The molecule has 33 heavy (non-hydrogen) atoms. The van der Waals surface area contributed by atoms with Crippen LogP contribution in [0.25, 0.3) is 22.2 Å². The summed E-state index contributed by atoms with van der Waals surface area (Å²) in [6, 6.07) is 3.13. The molecule has 0 radical (unpaired) electrons. The van der Waals surface area contributed by atoms with E-state index in [1.807, 2.05) is 0 Å². The number of carbonyl (C=O) groups is 1. The zero-order chi connectivity index (χ0) is 23.5. The fourth-order valence-electron chi connectivity index (χ4n) is 4.30. The van der Waals surface area contributed by atoms with Crippen molar-refractivity contribution in [3.8, 4) is 16.9 Å². The van der Waals surface area contributed by atoms with Gasteiger partial charge >= 0.3 is 0 Å². The van der Waals surface area contributed by atoms with Crippen LogP contribution in [0.1, 0.15) is 37.4 Å². The molecule has 4 rings (SSSR count). The minimum atomic E-state index is -1.000. The third-order valence-electron chi connectivity index (χ3n) is 5.82. The Morgan fingerprint density at radius 1 is 1.21 bits per heavy atom. The van der Waals surface area contributed by atoms with Gasteiger partial charge in [-0.1, -0.05) is 0 Å². The molecule has 0 aliphatic heterocycles. The van der Waals surface area contributed by atoms with Crippen molar-refractivity contribution in [3.63, 3.8) is 0 Å². The zero-order valence-electron chi connectivity index (χ0n) is 18.2. The molecule has 1 saturated carbocycles. The summed E-state index contributed by atoms with van der Waals surface area (Å²) in [4.78, 5) is 37.4. The molecule has 3 aromatic heterocycles. The molecule has 3 aromatic rings. The smallest absolute Gasteiger partial charge is 0.260 e. The molecule has 1 amide bonds. The van der Waals surface area contributed by atoms with E-state index in [1.165, 1.54) is 12.4 Å². The highest BCUT2D eigenvalue weighted by Crippen LogP contribution is 2.33. The van der Waals surface area contributed by atoms with Crippen molar-refractivity contribution in [2.24, 2.45) is 5.73 Å². The van der Waals surface area contributed by atoms with Crippen LogP contribution in [-0.2, 0) is 9.53 Å². The van der Waals surface area contributed by atoms with Crippen LogP contribution in [-0.4, -0.2) is 45.0 Å². The maximum Gasteiger partial charge on any atom is 0.260 e. The summed E-state index contributed by atoms with van der Waals surface area (Å²) in [6.07, 6.45) is 5.43. The van der Waals surface area contributed by atoms with Crippen molar-refractivity contribution in [3.05, 3.63) is 40.6 Å². The molecule has 1 aliphatic rings. The second kappa shape index (κ2) is 9.49. The van der Waals surface area contributed by atoms with Gasteiger partial charge in [0, 0.05) is 28.8 Å². The number of hydrogen-bond donors (Lipinski definition) is 2. The van der Waals surface area contributed by atoms with Gasteiger partial charge in [-0.05, 0) is 44.7 Å². The first-order valence-electron chi connectivity index (χ1n) is 10.6. The number of aryl methyl sites for hydroxylation is 1. The number of anilines is 1. The molecule has 10 nitrogen and oxygen atoms in total. The minimum Gasteiger partial charge on any atom is -0.461 e. The number of primary amides is 1. The zero-order valence-corrected chi connectivity index (χ0v) is 18.2. The summed E-state index contributed by atoms with van der Waals surface area (Å²) in [5, 5.41) is 0.683. The van der Waals surface area contributed by atoms with Crippen molar-refractivity contribution >= 4 is 22.9 Å². The van der Waals surface area contributed by atoms with Crippen LogP contribution in [0.5, 0.6) is 5.75 Å². The molecule has 0 saturated heterocycles. The molecule has 1 fully saturated rings. The Kier molecular flexibility index (Phi) is 6.50. The number of nitrogens with zero attached hydrogens (tertiary/aromatic N) is 4. The van der Waals surface area contributed by atoms with Crippen molar-refractivity contribution in [1.82, 2.24) is 19.5 Å². The average molecular weight is 456 g/mol. The second-order valence-corrected chi connectivity index (χ2v) is 8.01. The van der Waals surface area contributed by atoms with Gasteiger partial charge in [0.25, 0.3) is 5.56 Å². The van der Waals surface area contributed by atoms with Gasteiger partial charge in [-0.25, -0.2) is 9.37 Å². The molecular formula is C22H25FN6O4. The number of amides is 1. The third kappa shape index (κ3) is 4.77. The number of alkyl halides is 1. The molecule has 0 unspecified atom stereocenters. The van der Waals surface area contributed by atoms with Gasteiger partial charge < -0.3 is 20.9 Å². The first kappa shape index (κ1) is 22.6. The standard InChI is InChI=1S/C22H25FN6O4/c1-12-17-7-18(13-6-16(33-11-23)9-26-8-13)21(31)29(20(17)28-22(25)27-12)14-2-4-15(5-3-14)32-10-19(24)30/h6-9,14-15H,2-5,10-11H2,1H3,(H2,24,30)(H2,25,27,28)/t14-,15+. The number of carbonyl (C=O) groups excluding carboxylic acids is 1. The lowest BCUT2D eigenvalue weighted by atomic mass is 9.92. The number of nitrogens with two attached hydrogens (primary N) is 2. The number of ether oxygens (including phenoxy) is 2. The number of hydrogen-bond acceptors (Lipinski definition) is 8. The maximum absolute atomic E-state index is 13.7. The Morgan fingerprint density at radius 3 is 2.67 bits per heavy atom. The van der Waals surface area contributed by atoms with Crippen LogP contribution in [0.3, 0.4) is 0 Å². The first-order valence-corrected chi connectivity index (χ1v) is 10.6. The van der Waals surface area contributed by atoms with E-state index in [2.05, 4.69) is 15.0 Å². The van der Waals surface area contributed by atoms with E-state index in [9.17, 15) is 14.0 Å². The first-order chi connectivity index (χ1) is 15.9. The summed E-state index contributed by atoms with van der Waals surface area (Å²) >= 11 is 0. The van der Waals surface area contributed by atoms with E-state index < -0.39 is 12.8 Å². The van der Waals surface area contributed by atoms with Crippen LogP contribution in [0.4, 0.5) is 10.3 Å². The highest BCUT2D eigenvalue weighted by atomic mass is 19.1. The highest BCUT2D eigenvalue weighted by Gasteiger charge is 2.27. The molecule has 11 heteroatoms. The number of pyridine rings is 2. The van der Waals surface area contributed by atoms with Gasteiger partial charge in [0.2, 0.25) is 18.7 Å². The summed E-state index contributed by atoms with van der Waals surface area (Å²) in [6.45, 7) is 0.676. The molecule has 0 bridgehead atoms. The van der Waals surface area contributed by atoms with E-state index in [0.717, 1.165) is 0 Å². The monoisotopic (exact) mass is 456 g/mol. The van der Waals surface area contributed by atoms with E-state index in [1.54, 1.807) is 23.6 Å². The Balaban J connectivity index is 1.78. The summed E-state index contributed by atoms with van der Waals surface area (Å²) < 4.78 is 24.8. The van der Waals surface area contributed by atoms with Gasteiger partial charge in [-0.2, -0.15) is 4.98 Å². The lowest BCUT2D eigenvalue weighted by Crippen LogP contribution is -2.33. The lowest BCUT2D eigenvalue weighted by molar-refractivity contribution is -0.125. The molecule has 4 N–H and O–H groups in total. The number of halogens is 1. The fraction of sp³-hybridized carbons (Fsp3) is 0.409. The molecule has 0 aromatic carbocycles. The Bertz CT molecular complexity index is 1240. The van der Waals surface area contributed by atoms with Crippen LogP contribution in [0.2, 0.25) is 0 Å². The number of rotatable bonds is 7. The lowest BCUT2D eigenvalue weighted by Gasteiger charge is -2.30. The maximum atomic E-state index is 13.7. The topological polar surface area (TPSA) is 148 Å². The Morgan fingerprint density at radius 2 is 1.97 bits per heavy atom. The second-order valence-electron chi connectivity index (χ2n) is 8.01. The van der Waals surface area contributed by atoms with Gasteiger partial charge in [-0.15, -0.1) is 0 Å². The molecule has 0 spiro atoms. The van der Waals surface area contributed by atoms with Gasteiger partial charge in [-0.3, -0.25) is 19.1 Å². The van der Waals surface area contributed by atoms with Crippen LogP contribution < -0.4 is 21.8 Å². The van der Waals surface area contributed by atoms with Crippen molar-refractivity contribution in [1.29, 1.82) is 0 Å². The van der Waals surface area contributed by atoms with Crippen molar-refractivity contribution < 1.29 is 18.7 Å². The van der Waals surface area contributed by atoms with E-state index in [0.29, 0.717) is 53.5 Å². The van der Waals surface area contributed by atoms with Crippen LogP contribution >= 0.6 is 0 Å². The molecule has 174 valence electrons. The van der Waals surface area contributed by atoms with Crippen molar-refractivity contribution in [2.75, 3.05) is 19.2 Å². The van der Waals surface area contributed by atoms with Gasteiger partial charge in [0.05, 0.1) is 18.0 Å². The van der Waals surface area contributed by atoms with E-state index in [-0.39, 0.29) is 36.0 Å². The van der Waals surface area contributed by atoms with E-state index in [4.69, 9.17) is 20.9 Å². The number of fused-ring (bicyclic) bond motifs is 1. The highest BCUT2D eigenvalue weighted by molar-refractivity contribution is 5.84. The molecule has 1 aliphatic carbocycles. The van der Waals surface area contributed by atoms with Crippen LogP contribution in [0, 0.1) is 6.92 Å². The average Bonchev–Trinajstić information content (AvgIpc) is 2.78.